The van der Waals surface area contributed by atoms with Crippen molar-refractivity contribution < 1.29 is 0 Å². The molecule has 0 saturated heterocycles. The van der Waals surface area contributed by atoms with E-state index >= 15 is 0 Å². The van der Waals surface area contributed by atoms with Gasteiger partial charge < -0.3 is 5.73 Å². The molecule has 0 radical (unpaired) electrons. The number of nitrogens with two attached hydrogens (primary N) is 1. The Kier molecular flexibility index (Phi) is 3.77. The number of fused-ring (bicyclic) bond motifs is 1. The van der Waals surface area contributed by atoms with Gasteiger partial charge in [-0.3, -0.25) is 4.90 Å². The van der Waals surface area contributed by atoms with Gasteiger partial charge in [0, 0.05) is 30.6 Å². The molecule has 2 rings (SSSR count). The summed E-state index contributed by atoms with van der Waals surface area (Å²) in [6.07, 6.45) is 0. The van der Waals surface area contributed by atoms with Crippen molar-refractivity contribution >= 4 is 17.4 Å². The number of nitrogen functional groups attached to an aromatic ring is 1. The average molecular weight is 236 g/mol. The molecule has 3 heteroatoms. The molecule has 1 aromatic rings. The summed E-state index contributed by atoms with van der Waals surface area (Å²) < 4.78 is 0. The number of hydrogen-bond donors (Lipinski definition) is 1. The van der Waals surface area contributed by atoms with Crippen LogP contribution in [-0.4, -0.2) is 22.4 Å². The minimum Gasteiger partial charge on any atom is -0.398 e. The summed E-state index contributed by atoms with van der Waals surface area (Å²) in [6.45, 7) is 6.61. The molecule has 0 aliphatic carbocycles. The Balaban J connectivity index is 2.02. The fourth-order valence-electron chi connectivity index (χ4n) is 2.18. The molecule has 0 spiro atoms. The lowest BCUT2D eigenvalue weighted by Gasteiger charge is -2.23. The third kappa shape index (κ3) is 2.36. The highest BCUT2D eigenvalue weighted by Crippen LogP contribution is 2.29. The molecule has 1 unspecified atom stereocenters. The van der Waals surface area contributed by atoms with Crippen LogP contribution in [0, 0.1) is 0 Å². The molecule has 0 saturated carbocycles. The van der Waals surface area contributed by atoms with Gasteiger partial charge in [0.15, 0.2) is 0 Å². The molecule has 1 aliphatic heterocycles. The molecule has 2 nitrogen and oxygen atoms in total. The minimum atomic E-state index is 0.636. The zero-order chi connectivity index (χ0) is 11.5. The Hall–Kier alpha value is -0.670. The van der Waals surface area contributed by atoms with Crippen molar-refractivity contribution in [3.8, 4) is 0 Å². The van der Waals surface area contributed by atoms with Crippen molar-refractivity contribution in [1.82, 2.24) is 4.90 Å². The Labute approximate surface area is 102 Å². The summed E-state index contributed by atoms with van der Waals surface area (Å²) in [5.41, 5.74) is 9.71. The first-order valence-electron chi connectivity index (χ1n) is 5.90. The number of thioether (sulfide) groups is 1. The Morgan fingerprint density at radius 1 is 1.44 bits per heavy atom. The van der Waals surface area contributed by atoms with E-state index in [0.29, 0.717) is 6.04 Å². The van der Waals surface area contributed by atoms with Crippen LogP contribution in [0.15, 0.2) is 18.2 Å². The summed E-state index contributed by atoms with van der Waals surface area (Å²) in [5, 5.41) is 0. The van der Waals surface area contributed by atoms with E-state index in [9.17, 15) is 0 Å². The molecule has 0 aromatic heterocycles. The van der Waals surface area contributed by atoms with E-state index in [0.717, 1.165) is 18.8 Å². The molecule has 1 aromatic carbocycles. The van der Waals surface area contributed by atoms with Gasteiger partial charge in [0.05, 0.1) is 0 Å². The predicted molar refractivity (Wildman–Crippen MR) is 72.6 cm³/mol. The highest BCUT2D eigenvalue weighted by Gasteiger charge is 2.24. The van der Waals surface area contributed by atoms with E-state index in [-0.39, 0.29) is 0 Å². The maximum Gasteiger partial charge on any atom is 0.0363 e. The van der Waals surface area contributed by atoms with E-state index in [1.807, 2.05) is 17.8 Å². The number of hydrogen-bond acceptors (Lipinski definition) is 3. The number of rotatable bonds is 4. The average Bonchev–Trinajstić information content (AvgIpc) is 2.71. The third-order valence-electron chi connectivity index (χ3n) is 3.23. The maximum atomic E-state index is 6.00. The van der Waals surface area contributed by atoms with Gasteiger partial charge in [-0.05, 0) is 29.9 Å². The van der Waals surface area contributed by atoms with E-state index in [4.69, 9.17) is 5.73 Å². The molecule has 0 amide bonds. The van der Waals surface area contributed by atoms with Gasteiger partial charge in [0.2, 0.25) is 0 Å². The largest absolute Gasteiger partial charge is 0.398 e. The Bertz CT molecular complexity index is 365. The second-order valence-electron chi connectivity index (χ2n) is 4.40. The van der Waals surface area contributed by atoms with Crippen LogP contribution in [0.4, 0.5) is 5.69 Å². The van der Waals surface area contributed by atoms with Crippen LogP contribution in [0.25, 0.3) is 0 Å². The Morgan fingerprint density at radius 2 is 2.25 bits per heavy atom. The van der Waals surface area contributed by atoms with Crippen molar-refractivity contribution in [2.24, 2.45) is 0 Å². The second kappa shape index (κ2) is 5.11. The SMILES string of the molecule is CCSCC(C)N1Cc2cccc(N)c2C1. The first-order valence-corrected chi connectivity index (χ1v) is 7.06. The number of anilines is 1. The molecule has 1 aliphatic rings. The number of nitrogens with zero attached hydrogens (tertiary/aromatic N) is 1. The summed E-state index contributed by atoms with van der Waals surface area (Å²) >= 11 is 2.01. The van der Waals surface area contributed by atoms with Crippen LogP contribution < -0.4 is 5.73 Å². The van der Waals surface area contributed by atoms with Crippen LogP contribution in [0.5, 0.6) is 0 Å². The van der Waals surface area contributed by atoms with Crippen molar-refractivity contribution in [3.05, 3.63) is 29.3 Å². The molecule has 1 heterocycles. The van der Waals surface area contributed by atoms with Gasteiger partial charge in [-0.25, -0.2) is 0 Å². The topological polar surface area (TPSA) is 29.3 Å². The summed E-state index contributed by atoms with van der Waals surface area (Å²) in [7, 11) is 0. The van der Waals surface area contributed by atoms with Gasteiger partial charge in [-0.15, -0.1) is 0 Å². The Morgan fingerprint density at radius 3 is 2.94 bits per heavy atom. The fraction of sp³-hybridized carbons (Fsp3) is 0.538. The third-order valence-corrected chi connectivity index (χ3v) is 4.36. The first-order chi connectivity index (χ1) is 7.72. The zero-order valence-electron chi connectivity index (χ0n) is 10.1. The van der Waals surface area contributed by atoms with Gasteiger partial charge in [-0.2, -0.15) is 11.8 Å². The smallest absolute Gasteiger partial charge is 0.0363 e. The van der Waals surface area contributed by atoms with E-state index in [1.54, 1.807) is 0 Å². The highest BCUT2D eigenvalue weighted by molar-refractivity contribution is 7.99. The van der Waals surface area contributed by atoms with Gasteiger partial charge in [-0.1, -0.05) is 19.1 Å². The van der Waals surface area contributed by atoms with Crippen LogP contribution >= 0.6 is 11.8 Å². The lowest BCUT2D eigenvalue weighted by molar-refractivity contribution is 0.231. The quantitative estimate of drug-likeness (QED) is 0.815. The molecular formula is C13H20N2S. The highest BCUT2D eigenvalue weighted by atomic mass is 32.2. The molecule has 1 atom stereocenters. The first kappa shape index (κ1) is 11.8. The normalized spacial score (nSPS) is 17.4. The van der Waals surface area contributed by atoms with Crippen molar-refractivity contribution in [1.29, 1.82) is 0 Å². The maximum absolute atomic E-state index is 6.00. The molecule has 2 N–H and O–H groups in total. The van der Waals surface area contributed by atoms with Crippen LogP contribution in [0.3, 0.4) is 0 Å². The second-order valence-corrected chi connectivity index (χ2v) is 5.72. The lowest BCUT2D eigenvalue weighted by atomic mass is 10.1. The predicted octanol–water partition coefficient (Wildman–Crippen LogP) is 2.73. The molecular weight excluding hydrogens is 216 g/mol. The fourth-order valence-corrected chi connectivity index (χ4v) is 2.97. The number of benzene rings is 1. The lowest BCUT2D eigenvalue weighted by Crippen LogP contribution is -2.29. The van der Waals surface area contributed by atoms with Crippen LogP contribution in [0.2, 0.25) is 0 Å². The van der Waals surface area contributed by atoms with E-state index in [1.165, 1.54) is 22.6 Å². The molecule has 88 valence electrons. The molecule has 0 fully saturated rings. The van der Waals surface area contributed by atoms with Crippen molar-refractivity contribution in [2.45, 2.75) is 33.0 Å². The van der Waals surface area contributed by atoms with E-state index < -0.39 is 0 Å². The summed E-state index contributed by atoms with van der Waals surface area (Å²) in [5.74, 6) is 2.41. The van der Waals surface area contributed by atoms with E-state index in [2.05, 4.69) is 30.9 Å². The van der Waals surface area contributed by atoms with Gasteiger partial charge in [0.1, 0.15) is 0 Å². The van der Waals surface area contributed by atoms with Gasteiger partial charge >= 0.3 is 0 Å². The van der Waals surface area contributed by atoms with Crippen molar-refractivity contribution in [2.75, 3.05) is 17.2 Å². The van der Waals surface area contributed by atoms with Crippen LogP contribution in [-0.2, 0) is 13.1 Å². The minimum absolute atomic E-state index is 0.636. The van der Waals surface area contributed by atoms with Crippen LogP contribution in [0.1, 0.15) is 25.0 Å². The molecule has 16 heavy (non-hydrogen) atoms. The standard InChI is InChI=1S/C13H20N2S/c1-3-16-9-10(2)15-7-11-5-4-6-13(14)12(11)8-15/h4-6,10H,3,7-9,14H2,1-2H3. The summed E-state index contributed by atoms with van der Waals surface area (Å²) in [4.78, 5) is 2.52. The van der Waals surface area contributed by atoms with Gasteiger partial charge in [0.25, 0.3) is 0 Å². The molecule has 0 bridgehead atoms. The zero-order valence-corrected chi connectivity index (χ0v) is 10.9. The van der Waals surface area contributed by atoms with Crippen molar-refractivity contribution in [3.63, 3.8) is 0 Å². The monoisotopic (exact) mass is 236 g/mol. The summed E-state index contributed by atoms with van der Waals surface area (Å²) in [6, 6.07) is 6.90.